The Labute approximate surface area is 194 Å². The first-order chi connectivity index (χ1) is 16.0. The third-order valence-electron chi connectivity index (χ3n) is 5.64. The van der Waals surface area contributed by atoms with E-state index in [1.807, 2.05) is 47.4 Å². The molecular weight excluding hydrogens is 438 g/mol. The van der Waals surface area contributed by atoms with Gasteiger partial charge in [-0.05, 0) is 48.7 Å². The predicted octanol–water partition coefficient (Wildman–Crippen LogP) is 3.83. The number of benzene rings is 2. The van der Waals surface area contributed by atoms with Crippen LogP contribution in [0.15, 0.2) is 77.8 Å². The fraction of sp³-hybridized carbons (Fsp3) is 0.280. The molecule has 8 heteroatoms. The number of anilines is 1. The maximum Gasteiger partial charge on any atom is 0.339 e. The average molecular weight is 466 g/mol. The Kier molecular flexibility index (Phi) is 7.05. The van der Waals surface area contributed by atoms with Crippen LogP contribution in [0.25, 0.3) is 11.1 Å². The number of esters is 1. The van der Waals surface area contributed by atoms with Crippen LogP contribution in [-0.2, 0) is 14.8 Å². The van der Waals surface area contributed by atoms with Crippen molar-refractivity contribution < 1.29 is 17.9 Å². The van der Waals surface area contributed by atoms with E-state index in [9.17, 15) is 13.2 Å². The average Bonchev–Trinajstić information content (AvgIpc) is 3.12. The minimum absolute atomic E-state index is 0.299. The maximum atomic E-state index is 13.3. The molecular formula is C25H27N3O4S. The molecule has 0 unspecified atom stereocenters. The lowest BCUT2D eigenvalue weighted by Gasteiger charge is -2.23. The van der Waals surface area contributed by atoms with Crippen LogP contribution in [0.2, 0.25) is 0 Å². The summed E-state index contributed by atoms with van der Waals surface area (Å²) in [6.07, 6.45) is 2.18. The largest absolute Gasteiger partial charge is 0.462 e. The van der Waals surface area contributed by atoms with Crippen molar-refractivity contribution in [2.24, 2.45) is 0 Å². The Balaban J connectivity index is 1.44. The van der Waals surface area contributed by atoms with Gasteiger partial charge in [-0.3, -0.25) is 0 Å². The van der Waals surface area contributed by atoms with Crippen LogP contribution >= 0.6 is 0 Å². The van der Waals surface area contributed by atoms with Crippen molar-refractivity contribution >= 4 is 21.8 Å². The number of carbonyl (C=O) groups excluding carboxylic acids is 1. The van der Waals surface area contributed by atoms with Crippen LogP contribution < -0.4 is 4.90 Å². The van der Waals surface area contributed by atoms with Crippen LogP contribution in [0.1, 0.15) is 23.7 Å². The molecule has 2 aromatic carbocycles. The highest BCUT2D eigenvalue weighted by Crippen LogP contribution is 2.24. The van der Waals surface area contributed by atoms with Gasteiger partial charge in [-0.2, -0.15) is 4.31 Å². The third-order valence-corrected chi connectivity index (χ3v) is 7.55. The van der Waals surface area contributed by atoms with Crippen LogP contribution in [0.5, 0.6) is 0 Å². The van der Waals surface area contributed by atoms with Gasteiger partial charge in [0, 0.05) is 32.4 Å². The second-order valence-corrected chi connectivity index (χ2v) is 9.70. The summed E-state index contributed by atoms with van der Waals surface area (Å²) in [7, 11) is -3.59. The van der Waals surface area contributed by atoms with E-state index in [-0.39, 0.29) is 0 Å². The Morgan fingerprint density at radius 2 is 1.64 bits per heavy atom. The number of sulfonamides is 1. The highest BCUT2D eigenvalue weighted by molar-refractivity contribution is 7.89. The normalized spacial score (nSPS) is 15.1. The lowest BCUT2D eigenvalue weighted by Crippen LogP contribution is -2.35. The number of hydrogen-bond acceptors (Lipinski definition) is 6. The van der Waals surface area contributed by atoms with Crippen molar-refractivity contribution in [3.05, 3.63) is 78.5 Å². The topological polar surface area (TPSA) is 79.8 Å². The summed E-state index contributed by atoms with van der Waals surface area (Å²) in [5.41, 5.74) is 2.43. The maximum absolute atomic E-state index is 13.3. The Morgan fingerprint density at radius 3 is 2.30 bits per heavy atom. The van der Waals surface area contributed by atoms with Gasteiger partial charge in [0.1, 0.15) is 5.82 Å². The van der Waals surface area contributed by atoms with Crippen molar-refractivity contribution in [2.75, 3.05) is 37.7 Å². The molecule has 0 atom stereocenters. The molecule has 3 aromatic rings. The van der Waals surface area contributed by atoms with E-state index in [2.05, 4.69) is 4.98 Å². The summed E-state index contributed by atoms with van der Waals surface area (Å²) >= 11 is 0. The van der Waals surface area contributed by atoms with E-state index in [1.165, 1.54) is 10.5 Å². The van der Waals surface area contributed by atoms with Crippen LogP contribution in [0.3, 0.4) is 0 Å². The molecule has 1 aliphatic rings. The second-order valence-electron chi connectivity index (χ2n) is 7.76. The number of nitrogens with zero attached hydrogens (tertiary/aromatic N) is 3. The van der Waals surface area contributed by atoms with E-state index in [4.69, 9.17) is 4.74 Å². The van der Waals surface area contributed by atoms with E-state index in [0.717, 1.165) is 16.9 Å². The van der Waals surface area contributed by atoms with Crippen molar-refractivity contribution in [1.82, 2.24) is 9.29 Å². The minimum atomic E-state index is -3.59. The standard InChI is InChI=1S/C25H27N3O4S/c1-2-32-25(29)22-11-14-24(26-19-22)27-15-6-16-28(18-17-27)33(30,31)23-12-9-21(10-13-23)20-7-4-3-5-8-20/h3-5,7-14,19H,2,6,15-18H2,1H3. The van der Waals surface area contributed by atoms with Gasteiger partial charge in [0.05, 0.1) is 17.1 Å². The van der Waals surface area contributed by atoms with Gasteiger partial charge in [-0.1, -0.05) is 42.5 Å². The van der Waals surface area contributed by atoms with E-state index >= 15 is 0 Å². The Bertz CT molecular complexity index is 1180. The first kappa shape index (κ1) is 22.9. The van der Waals surface area contributed by atoms with E-state index in [0.29, 0.717) is 49.7 Å². The smallest absolute Gasteiger partial charge is 0.339 e. The fourth-order valence-electron chi connectivity index (χ4n) is 3.87. The summed E-state index contributed by atoms with van der Waals surface area (Å²) in [5, 5.41) is 0. The predicted molar refractivity (Wildman–Crippen MR) is 128 cm³/mol. The van der Waals surface area contributed by atoms with Crippen molar-refractivity contribution in [1.29, 1.82) is 0 Å². The fourth-order valence-corrected chi connectivity index (χ4v) is 5.34. The number of carbonyl (C=O) groups is 1. The molecule has 0 bridgehead atoms. The van der Waals surface area contributed by atoms with Gasteiger partial charge in [0.25, 0.3) is 0 Å². The first-order valence-electron chi connectivity index (χ1n) is 11.0. The summed E-state index contributed by atoms with van der Waals surface area (Å²) in [5.74, 6) is 0.317. The lowest BCUT2D eigenvalue weighted by molar-refractivity contribution is 0.0526. The van der Waals surface area contributed by atoms with Crippen molar-refractivity contribution in [2.45, 2.75) is 18.2 Å². The molecule has 2 heterocycles. The molecule has 1 fully saturated rings. The molecule has 172 valence electrons. The SMILES string of the molecule is CCOC(=O)c1ccc(N2CCCN(S(=O)(=O)c3ccc(-c4ccccc4)cc3)CC2)nc1. The van der Waals surface area contributed by atoms with Gasteiger partial charge < -0.3 is 9.64 Å². The first-order valence-corrected chi connectivity index (χ1v) is 12.5. The third kappa shape index (κ3) is 5.23. The lowest BCUT2D eigenvalue weighted by atomic mass is 10.1. The van der Waals surface area contributed by atoms with Gasteiger partial charge in [-0.15, -0.1) is 0 Å². The zero-order chi connectivity index (χ0) is 23.3. The van der Waals surface area contributed by atoms with Crippen molar-refractivity contribution in [3.63, 3.8) is 0 Å². The quantitative estimate of drug-likeness (QED) is 0.515. The van der Waals surface area contributed by atoms with Gasteiger partial charge in [-0.25, -0.2) is 18.2 Å². The molecule has 4 rings (SSSR count). The van der Waals surface area contributed by atoms with Crippen LogP contribution in [0, 0.1) is 0 Å². The zero-order valence-corrected chi connectivity index (χ0v) is 19.4. The summed E-state index contributed by atoms with van der Waals surface area (Å²) in [4.78, 5) is 18.6. The van der Waals surface area contributed by atoms with Crippen LogP contribution in [-0.4, -0.2) is 56.5 Å². The number of pyridine rings is 1. The Hall–Kier alpha value is -3.23. The Morgan fingerprint density at radius 1 is 0.909 bits per heavy atom. The molecule has 0 radical (unpaired) electrons. The molecule has 7 nitrogen and oxygen atoms in total. The second kappa shape index (κ2) is 10.1. The highest BCUT2D eigenvalue weighted by atomic mass is 32.2. The van der Waals surface area contributed by atoms with Gasteiger partial charge in [0.15, 0.2) is 0 Å². The van der Waals surface area contributed by atoms with Gasteiger partial charge in [0.2, 0.25) is 10.0 Å². The molecule has 1 aliphatic heterocycles. The van der Waals surface area contributed by atoms with E-state index in [1.54, 1.807) is 31.2 Å². The zero-order valence-electron chi connectivity index (χ0n) is 18.6. The number of ether oxygens (including phenoxy) is 1. The molecule has 0 saturated carbocycles. The molecule has 33 heavy (non-hydrogen) atoms. The summed E-state index contributed by atoms with van der Waals surface area (Å²) < 4.78 is 33.0. The number of aromatic nitrogens is 1. The van der Waals surface area contributed by atoms with E-state index < -0.39 is 16.0 Å². The summed E-state index contributed by atoms with van der Waals surface area (Å²) in [6.45, 7) is 4.09. The molecule has 0 spiro atoms. The molecule has 0 N–H and O–H groups in total. The number of rotatable bonds is 6. The monoisotopic (exact) mass is 465 g/mol. The number of hydrogen-bond donors (Lipinski definition) is 0. The van der Waals surface area contributed by atoms with Crippen LogP contribution in [0.4, 0.5) is 5.82 Å². The highest BCUT2D eigenvalue weighted by Gasteiger charge is 2.27. The molecule has 1 aromatic heterocycles. The molecule has 0 aliphatic carbocycles. The van der Waals surface area contributed by atoms with Crippen molar-refractivity contribution in [3.8, 4) is 11.1 Å². The van der Waals surface area contributed by atoms with Gasteiger partial charge >= 0.3 is 5.97 Å². The molecule has 1 saturated heterocycles. The molecule has 0 amide bonds. The summed E-state index contributed by atoms with van der Waals surface area (Å²) in [6, 6.07) is 20.4. The minimum Gasteiger partial charge on any atom is -0.462 e.